The van der Waals surface area contributed by atoms with E-state index in [1.807, 2.05) is 0 Å². The number of hydrogen-bond donors (Lipinski definition) is 1. The van der Waals surface area contributed by atoms with Gasteiger partial charge in [0.15, 0.2) is 0 Å². The number of halogens is 1. The van der Waals surface area contributed by atoms with Crippen molar-refractivity contribution >= 4 is 5.69 Å². The van der Waals surface area contributed by atoms with Crippen LogP contribution >= 0.6 is 0 Å². The first-order valence-corrected chi connectivity index (χ1v) is 6.76. The van der Waals surface area contributed by atoms with E-state index in [1.54, 1.807) is 0 Å². The van der Waals surface area contributed by atoms with Gasteiger partial charge in [0, 0.05) is 17.7 Å². The minimum Gasteiger partial charge on any atom is -0.327 e. The molecule has 0 radical (unpaired) electrons. The Kier molecular flexibility index (Phi) is 4.47. The normalized spacial score (nSPS) is 23.9. The van der Waals surface area contributed by atoms with Crippen molar-refractivity contribution in [2.24, 2.45) is 11.7 Å². The molecule has 104 valence electrons. The number of nitro benzene ring substituents is 1. The van der Waals surface area contributed by atoms with Gasteiger partial charge in [-0.2, -0.15) is 0 Å². The van der Waals surface area contributed by atoms with E-state index in [2.05, 4.69) is 0 Å². The lowest BCUT2D eigenvalue weighted by atomic mass is 9.88. The second-order valence-corrected chi connectivity index (χ2v) is 5.30. The molecule has 4 nitrogen and oxygen atoms in total. The van der Waals surface area contributed by atoms with Crippen LogP contribution in [-0.2, 0) is 6.42 Å². The van der Waals surface area contributed by atoms with Crippen LogP contribution in [0.1, 0.15) is 37.7 Å². The summed E-state index contributed by atoms with van der Waals surface area (Å²) in [4.78, 5) is 10.5. The van der Waals surface area contributed by atoms with Crippen LogP contribution < -0.4 is 5.73 Å². The second kappa shape index (κ2) is 6.10. The molecule has 2 unspecified atom stereocenters. The molecule has 19 heavy (non-hydrogen) atoms. The monoisotopic (exact) mass is 266 g/mol. The van der Waals surface area contributed by atoms with Crippen molar-refractivity contribution in [1.29, 1.82) is 0 Å². The van der Waals surface area contributed by atoms with Gasteiger partial charge in [-0.05, 0) is 37.3 Å². The third kappa shape index (κ3) is 3.50. The lowest BCUT2D eigenvalue weighted by Gasteiger charge is -2.21. The Labute approximate surface area is 112 Å². The van der Waals surface area contributed by atoms with Gasteiger partial charge >= 0.3 is 0 Å². The molecule has 0 heterocycles. The highest BCUT2D eigenvalue weighted by Gasteiger charge is 2.24. The lowest BCUT2D eigenvalue weighted by Crippen LogP contribution is -2.30. The number of nitrogens with two attached hydrogens (primary N) is 1. The minimum absolute atomic E-state index is 0.00199. The molecule has 2 N–H and O–H groups in total. The molecule has 1 aromatic rings. The molecule has 1 fully saturated rings. The maximum atomic E-state index is 13.3. The van der Waals surface area contributed by atoms with E-state index >= 15 is 0 Å². The van der Waals surface area contributed by atoms with Crippen molar-refractivity contribution in [2.75, 3.05) is 0 Å². The molecular weight excluding hydrogens is 247 g/mol. The smallest absolute Gasteiger partial charge is 0.272 e. The van der Waals surface area contributed by atoms with Crippen molar-refractivity contribution in [2.45, 2.75) is 44.6 Å². The van der Waals surface area contributed by atoms with Crippen LogP contribution in [0.25, 0.3) is 0 Å². The average molecular weight is 266 g/mol. The van der Waals surface area contributed by atoms with Crippen LogP contribution in [0.4, 0.5) is 10.1 Å². The predicted octanol–water partition coefficient (Wildman–Crippen LogP) is 3.18. The third-order valence-electron chi connectivity index (χ3n) is 3.94. The Hall–Kier alpha value is -1.49. The quantitative estimate of drug-likeness (QED) is 0.519. The fraction of sp³-hybridized carbons (Fsp3) is 0.571. The standard InChI is InChI=1S/C14H19FN2O2/c15-12-6-7-14(17(18)19)11(9-12)8-10-4-2-1-3-5-13(10)16/h6-7,9-10,13H,1-5,8,16H2. The highest BCUT2D eigenvalue weighted by atomic mass is 19.1. The van der Waals surface area contributed by atoms with Crippen LogP contribution in [0, 0.1) is 21.8 Å². The summed E-state index contributed by atoms with van der Waals surface area (Å²) in [6, 6.07) is 3.71. The summed E-state index contributed by atoms with van der Waals surface area (Å²) in [5.41, 5.74) is 6.59. The molecule has 0 amide bonds. The van der Waals surface area contributed by atoms with Crippen LogP contribution in [0.2, 0.25) is 0 Å². The number of benzene rings is 1. The Morgan fingerprint density at radius 2 is 2.05 bits per heavy atom. The molecule has 2 atom stereocenters. The van der Waals surface area contributed by atoms with E-state index in [0.29, 0.717) is 12.0 Å². The summed E-state index contributed by atoms with van der Waals surface area (Å²) in [6.45, 7) is 0. The molecule has 0 aliphatic heterocycles. The van der Waals surface area contributed by atoms with Crippen LogP contribution in [-0.4, -0.2) is 11.0 Å². The van der Waals surface area contributed by atoms with Gasteiger partial charge < -0.3 is 5.73 Å². The Morgan fingerprint density at radius 1 is 1.32 bits per heavy atom. The maximum absolute atomic E-state index is 13.3. The fourth-order valence-corrected chi connectivity index (χ4v) is 2.84. The summed E-state index contributed by atoms with van der Waals surface area (Å²) in [5, 5.41) is 11.0. The Morgan fingerprint density at radius 3 is 2.79 bits per heavy atom. The number of hydrogen-bond acceptors (Lipinski definition) is 3. The van der Waals surface area contributed by atoms with Gasteiger partial charge in [-0.15, -0.1) is 0 Å². The summed E-state index contributed by atoms with van der Waals surface area (Å²) in [7, 11) is 0. The Balaban J connectivity index is 2.21. The van der Waals surface area contributed by atoms with E-state index < -0.39 is 10.7 Å². The zero-order valence-corrected chi connectivity index (χ0v) is 10.8. The summed E-state index contributed by atoms with van der Waals surface area (Å²) in [6.07, 6.45) is 5.79. The van der Waals surface area contributed by atoms with Crippen molar-refractivity contribution < 1.29 is 9.31 Å². The number of nitro groups is 1. The lowest BCUT2D eigenvalue weighted by molar-refractivity contribution is -0.385. The summed E-state index contributed by atoms with van der Waals surface area (Å²) >= 11 is 0. The summed E-state index contributed by atoms with van der Waals surface area (Å²) in [5.74, 6) is -0.217. The summed E-state index contributed by atoms with van der Waals surface area (Å²) < 4.78 is 13.3. The molecule has 0 aromatic heterocycles. The third-order valence-corrected chi connectivity index (χ3v) is 3.94. The van der Waals surface area contributed by atoms with Crippen molar-refractivity contribution in [3.63, 3.8) is 0 Å². The molecule has 1 aliphatic carbocycles. The van der Waals surface area contributed by atoms with Gasteiger partial charge in [-0.1, -0.05) is 19.3 Å². The van der Waals surface area contributed by atoms with Crippen molar-refractivity contribution in [3.8, 4) is 0 Å². The highest BCUT2D eigenvalue weighted by Crippen LogP contribution is 2.29. The van der Waals surface area contributed by atoms with Gasteiger partial charge in [0.05, 0.1) is 4.92 Å². The van der Waals surface area contributed by atoms with E-state index in [-0.39, 0.29) is 17.6 Å². The van der Waals surface area contributed by atoms with Gasteiger partial charge in [0.25, 0.3) is 5.69 Å². The van der Waals surface area contributed by atoms with Gasteiger partial charge in [-0.3, -0.25) is 10.1 Å². The molecule has 2 rings (SSSR count). The van der Waals surface area contributed by atoms with Gasteiger partial charge in [0.1, 0.15) is 5.82 Å². The molecule has 1 aromatic carbocycles. The zero-order chi connectivity index (χ0) is 13.8. The molecule has 0 saturated heterocycles. The van der Waals surface area contributed by atoms with Gasteiger partial charge in [-0.25, -0.2) is 4.39 Å². The van der Waals surface area contributed by atoms with Crippen LogP contribution in [0.15, 0.2) is 18.2 Å². The molecular formula is C14H19FN2O2. The topological polar surface area (TPSA) is 69.2 Å². The minimum atomic E-state index is -0.447. The van der Waals surface area contributed by atoms with Crippen molar-refractivity contribution in [3.05, 3.63) is 39.7 Å². The first-order chi connectivity index (χ1) is 9.08. The predicted molar refractivity (Wildman–Crippen MR) is 71.3 cm³/mol. The fourth-order valence-electron chi connectivity index (χ4n) is 2.84. The van der Waals surface area contributed by atoms with Crippen LogP contribution in [0.5, 0.6) is 0 Å². The van der Waals surface area contributed by atoms with E-state index in [9.17, 15) is 14.5 Å². The van der Waals surface area contributed by atoms with Gasteiger partial charge in [0.2, 0.25) is 0 Å². The molecule has 1 aliphatic rings. The van der Waals surface area contributed by atoms with E-state index in [4.69, 9.17) is 5.73 Å². The van der Waals surface area contributed by atoms with E-state index in [1.165, 1.54) is 12.1 Å². The first kappa shape index (κ1) is 13.9. The number of rotatable bonds is 3. The SMILES string of the molecule is NC1CCCCCC1Cc1cc(F)ccc1[N+](=O)[O-]. The largest absolute Gasteiger partial charge is 0.327 e. The second-order valence-electron chi connectivity index (χ2n) is 5.30. The zero-order valence-electron chi connectivity index (χ0n) is 10.8. The number of nitrogens with zero attached hydrogens (tertiary/aromatic N) is 1. The van der Waals surface area contributed by atoms with E-state index in [0.717, 1.165) is 38.2 Å². The first-order valence-electron chi connectivity index (χ1n) is 6.76. The average Bonchev–Trinajstić information content (AvgIpc) is 2.55. The van der Waals surface area contributed by atoms with Crippen molar-refractivity contribution in [1.82, 2.24) is 0 Å². The molecule has 5 heteroatoms. The molecule has 0 spiro atoms. The highest BCUT2D eigenvalue weighted by molar-refractivity contribution is 5.40. The molecule has 1 saturated carbocycles. The molecule has 0 bridgehead atoms. The maximum Gasteiger partial charge on any atom is 0.272 e. The Bertz CT molecular complexity index is 465. The van der Waals surface area contributed by atoms with Crippen LogP contribution in [0.3, 0.4) is 0 Å².